The number of nitrogens with zero attached hydrogens (tertiary/aromatic N) is 2. The van der Waals surface area contributed by atoms with Crippen LogP contribution in [-0.2, 0) is 6.54 Å². The molecule has 0 spiro atoms. The molecule has 0 saturated heterocycles. The predicted octanol–water partition coefficient (Wildman–Crippen LogP) is 3.08. The smallest absolute Gasteiger partial charge is 0.253 e. The first-order chi connectivity index (χ1) is 9.75. The summed E-state index contributed by atoms with van der Waals surface area (Å²) in [5, 5.41) is 13.0. The monoisotopic (exact) mass is 265 g/mol. The van der Waals surface area contributed by atoms with Crippen LogP contribution in [0, 0.1) is 10.1 Å². The number of fused-ring (bicyclic) bond motifs is 1. The lowest BCUT2D eigenvalue weighted by molar-refractivity contribution is -0.727. The third kappa shape index (κ3) is 2.23. The SMILES string of the molecule is O=[N+]([O-])c1c2ccccc2cc[n+]1Cc1ccccc1. The molecule has 0 N–H and O–H groups in total. The molecule has 0 aliphatic heterocycles. The van der Waals surface area contributed by atoms with Crippen LogP contribution in [0.5, 0.6) is 0 Å². The Labute approximate surface area is 116 Å². The van der Waals surface area contributed by atoms with Gasteiger partial charge in [-0.3, -0.25) is 10.1 Å². The fourth-order valence-electron chi connectivity index (χ4n) is 2.35. The molecule has 0 fully saturated rings. The molecule has 0 amide bonds. The Bertz CT molecular complexity index is 770. The fourth-order valence-corrected chi connectivity index (χ4v) is 2.35. The van der Waals surface area contributed by atoms with Crippen LogP contribution in [0.2, 0.25) is 0 Å². The molecule has 2 aromatic carbocycles. The maximum absolute atomic E-state index is 11.4. The zero-order valence-electron chi connectivity index (χ0n) is 10.8. The van der Waals surface area contributed by atoms with Crippen molar-refractivity contribution in [3.05, 3.63) is 82.5 Å². The largest absolute Gasteiger partial charge is 0.509 e. The molecule has 0 aliphatic carbocycles. The highest BCUT2D eigenvalue weighted by Crippen LogP contribution is 2.21. The number of rotatable bonds is 3. The second-order valence-corrected chi connectivity index (χ2v) is 4.60. The first kappa shape index (κ1) is 12.3. The molecule has 98 valence electrons. The van der Waals surface area contributed by atoms with Gasteiger partial charge < -0.3 is 0 Å². The highest BCUT2D eigenvalue weighted by Gasteiger charge is 2.26. The van der Waals surface area contributed by atoms with Crippen molar-refractivity contribution in [2.75, 3.05) is 0 Å². The number of benzene rings is 2. The van der Waals surface area contributed by atoms with Crippen molar-refractivity contribution in [3.63, 3.8) is 0 Å². The predicted molar refractivity (Wildman–Crippen MR) is 76.3 cm³/mol. The van der Waals surface area contributed by atoms with E-state index in [4.69, 9.17) is 0 Å². The summed E-state index contributed by atoms with van der Waals surface area (Å²) in [6, 6.07) is 19.0. The minimum atomic E-state index is -0.314. The zero-order valence-corrected chi connectivity index (χ0v) is 10.8. The number of pyridine rings is 1. The molecule has 0 bridgehead atoms. The Balaban J connectivity index is 2.15. The molecular formula is C16H13N2O2+. The summed E-state index contributed by atoms with van der Waals surface area (Å²) < 4.78 is 1.68. The van der Waals surface area contributed by atoms with Crippen molar-refractivity contribution < 1.29 is 9.49 Å². The molecule has 4 heteroatoms. The van der Waals surface area contributed by atoms with E-state index in [0.717, 1.165) is 10.9 Å². The van der Waals surface area contributed by atoms with E-state index < -0.39 is 0 Å². The summed E-state index contributed by atoms with van der Waals surface area (Å²) in [6.45, 7) is 0.488. The second-order valence-electron chi connectivity index (χ2n) is 4.60. The highest BCUT2D eigenvalue weighted by atomic mass is 16.6. The van der Waals surface area contributed by atoms with E-state index in [0.29, 0.717) is 11.9 Å². The minimum absolute atomic E-state index is 0.131. The number of aromatic nitrogens is 1. The summed E-state index contributed by atoms with van der Waals surface area (Å²) >= 11 is 0. The molecule has 1 aromatic heterocycles. The van der Waals surface area contributed by atoms with Crippen LogP contribution >= 0.6 is 0 Å². The molecule has 3 rings (SSSR count). The number of hydrogen-bond donors (Lipinski definition) is 0. The second kappa shape index (κ2) is 5.09. The third-order valence-electron chi connectivity index (χ3n) is 3.28. The van der Waals surface area contributed by atoms with Gasteiger partial charge in [0.2, 0.25) is 0 Å². The molecule has 20 heavy (non-hydrogen) atoms. The average Bonchev–Trinajstić information content (AvgIpc) is 2.47. The number of nitro groups is 1. The maximum Gasteiger partial charge on any atom is 0.509 e. The van der Waals surface area contributed by atoms with Gasteiger partial charge in [-0.1, -0.05) is 48.5 Å². The first-order valence-electron chi connectivity index (χ1n) is 6.35. The van der Waals surface area contributed by atoms with Gasteiger partial charge >= 0.3 is 5.82 Å². The van der Waals surface area contributed by atoms with Gasteiger partial charge in [0.05, 0.1) is 0 Å². The van der Waals surface area contributed by atoms with Gasteiger partial charge in [-0.15, -0.1) is 4.57 Å². The van der Waals surface area contributed by atoms with Gasteiger partial charge in [-0.2, -0.15) is 0 Å². The van der Waals surface area contributed by atoms with E-state index in [1.54, 1.807) is 16.8 Å². The highest BCUT2D eigenvalue weighted by molar-refractivity contribution is 5.87. The van der Waals surface area contributed by atoms with Gasteiger partial charge in [-0.05, 0) is 6.07 Å². The molecule has 4 nitrogen and oxygen atoms in total. The average molecular weight is 265 g/mol. The minimum Gasteiger partial charge on any atom is -0.253 e. The van der Waals surface area contributed by atoms with Crippen LogP contribution in [-0.4, -0.2) is 4.92 Å². The van der Waals surface area contributed by atoms with Gasteiger partial charge in [0.1, 0.15) is 10.3 Å². The van der Waals surface area contributed by atoms with E-state index in [-0.39, 0.29) is 10.7 Å². The summed E-state index contributed by atoms with van der Waals surface area (Å²) in [7, 11) is 0. The fraction of sp³-hybridized carbons (Fsp3) is 0.0625. The van der Waals surface area contributed by atoms with Crippen LogP contribution in [0.1, 0.15) is 5.56 Å². The molecule has 0 atom stereocenters. The molecule has 0 saturated carbocycles. The Morgan fingerprint density at radius 3 is 2.40 bits per heavy atom. The van der Waals surface area contributed by atoms with Crippen molar-refractivity contribution in [3.8, 4) is 0 Å². The molecule has 0 unspecified atom stereocenters. The Kier molecular flexibility index (Phi) is 3.13. The molecule has 0 radical (unpaired) electrons. The summed E-state index contributed by atoms with van der Waals surface area (Å²) in [5.74, 6) is 0.131. The first-order valence-corrected chi connectivity index (χ1v) is 6.35. The third-order valence-corrected chi connectivity index (χ3v) is 3.28. The summed E-state index contributed by atoms with van der Waals surface area (Å²) in [4.78, 5) is 11.1. The van der Waals surface area contributed by atoms with E-state index in [1.165, 1.54) is 0 Å². The van der Waals surface area contributed by atoms with Crippen molar-refractivity contribution in [2.24, 2.45) is 0 Å². The van der Waals surface area contributed by atoms with Gasteiger partial charge in [0.15, 0.2) is 12.7 Å². The van der Waals surface area contributed by atoms with E-state index in [2.05, 4.69) is 0 Å². The Hall–Kier alpha value is -2.75. The molecular weight excluding hydrogens is 252 g/mol. The molecule has 1 heterocycles. The Morgan fingerprint density at radius 2 is 1.65 bits per heavy atom. The van der Waals surface area contributed by atoms with Crippen LogP contribution < -0.4 is 4.57 Å². The van der Waals surface area contributed by atoms with Crippen molar-refractivity contribution in [1.82, 2.24) is 0 Å². The van der Waals surface area contributed by atoms with Gasteiger partial charge in [0, 0.05) is 17.0 Å². The lowest BCUT2D eigenvalue weighted by Gasteiger charge is -2.01. The van der Waals surface area contributed by atoms with Gasteiger partial charge in [-0.25, -0.2) is 0 Å². The van der Waals surface area contributed by atoms with E-state index >= 15 is 0 Å². The van der Waals surface area contributed by atoms with Crippen molar-refractivity contribution in [1.29, 1.82) is 0 Å². The summed E-state index contributed by atoms with van der Waals surface area (Å²) in [5.41, 5.74) is 1.04. The van der Waals surface area contributed by atoms with Crippen molar-refractivity contribution in [2.45, 2.75) is 6.54 Å². The summed E-state index contributed by atoms with van der Waals surface area (Å²) in [6.07, 6.45) is 1.77. The topological polar surface area (TPSA) is 47.0 Å². The maximum atomic E-state index is 11.4. The number of hydrogen-bond acceptors (Lipinski definition) is 2. The van der Waals surface area contributed by atoms with Crippen LogP contribution in [0.4, 0.5) is 5.82 Å². The molecule has 0 aliphatic rings. The van der Waals surface area contributed by atoms with Crippen LogP contribution in [0.15, 0.2) is 66.9 Å². The Morgan fingerprint density at radius 1 is 0.950 bits per heavy atom. The van der Waals surface area contributed by atoms with Gasteiger partial charge in [0.25, 0.3) is 0 Å². The van der Waals surface area contributed by atoms with Crippen LogP contribution in [0.3, 0.4) is 0 Å². The molecule has 3 aromatic rings. The lowest BCUT2D eigenvalue weighted by Crippen LogP contribution is -2.37. The zero-order chi connectivity index (χ0) is 13.9. The normalized spacial score (nSPS) is 10.6. The standard InChI is InChI=1S/C16H13N2O2/c19-18(20)16-15-9-5-4-8-14(15)10-11-17(16)12-13-6-2-1-3-7-13/h1-11H,12H2/q+1. The van der Waals surface area contributed by atoms with E-state index in [1.807, 2.05) is 54.6 Å². The quantitative estimate of drug-likeness (QED) is 0.415. The van der Waals surface area contributed by atoms with E-state index in [9.17, 15) is 10.1 Å². The van der Waals surface area contributed by atoms with Crippen molar-refractivity contribution >= 4 is 16.6 Å². The van der Waals surface area contributed by atoms with Crippen LogP contribution in [0.25, 0.3) is 10.8 Å². The lowest BCUT2D eigenvalue weighted by atomic mass is 10.1.